The molecule has 0 bridgehead atoms. The van der Waals surface area contributed by atoms with Gasteiger partial charge in [-0.1, -0.05) is 0 Å². The molecule has 1 heterocycles. The van der Waals surface area contributed by atoms with E-state index < -0.39 is 0 Å². The van der Waals surface area contributed by atoms with Gasteiger partial charge in [-0.25, -0.2) is 0 Å². The van der Waals surface area contributed by atoms with Gasteiger partial charge in [0.2, 0.25) is 0 Å². The van der Waals surface area contributed by atoms with E-state index in [2.05, 4.69) is 13.6 Å². The minimum atomic E-state index is -0.301. The lowest BCUT2D eigenvalue weighted by molar-refractivity contribution is 0.949. The van der Waals surface area contributed by atoms with E-state index in [4.69, 9.17) is 0 Å². The van der Waals surface area contributed by atoms with Crippen molar-refractivity contribution < 1.29 is 0 Å². The van der Waals surface area contributed by atoms with E-state index in [1.54, 1.807) is 12.3 Å². The SMILES string of the molecule is CC[P+]1(C)CCCC1. The van der Waals surface area contributed by atoms with Crippen molar-refractivity contribution in [2.75, 3.05) is 25.2 Å². The Morgan fingerprint density at radius 1 is 1.25 bits per heavy atom. The Hall–Kier alpha value is 0.430. The minimum absolute atomic E-state index is 0.301. The number of hydrogen-bond donors (Lipinski definition) is 0. The fraction of sp³-hybridized carbons (Fsp3) is 1.00. The van der Waals surface area contributed by atoms with Crippen LogP contribution in [0.15, 0.2) is 0 Å². The second-order valence-corrected chi connectivity index (χ2v) is 7.86. The first-order chi connectivity index (χ1) is 3.77. The standard InChI is InChI=1S/C7H16P/c1-3-8(2)6-4-5-7-8/h3-7H2,1-2H3/q+1. The molecule has 1 aliphatic rings. The van der Waals surface area contributed by atoms with Crippen molar-refractivity contribution in [2.24, 2.45) is 0 Å². The Balaban J connectivity index is 2.40. The van der Waals surface area contributed by atoms with Crippen molar-refractivity contribution in [2.45, 2.75) is 19.8 Å². The van der Waals surface area contributed by atoms with E-state index in [-0.39, 0.29) is 7.26 Å². The Kier molecular flexibility index (Phi) is 1.92. The Morgan fingerprint density at radius 3 is 2.00 bits per heavy atom. The van der Waals surface area contributed by atoms with E-state index in [1.165, 1.54) is 19.0 Å². The van der Waals surface area contributed by atoms with Crippen LogP contribution in [-0.2, 0) is 0 Å². The maximum atomic E-state index is 2.53. The average Bonchev–Trinajstić information content (AvgIpc) is 2.17. The van der Waals surface area contributed by atoms with Crippen LogP contribution in [-0.4, -0.2) is 25.2 Å². The molecule has 0 nitrogen and oxygen atoms in total. The van der Waals surface area contributed by atoms with Crippen LogP contribution < -0.4 is 0 Å². The molecule has 0 radical (unpaired) electrons. The predicted octanol–water partition coefficient (Wildman–Crippen LogP) is 2.45. The monoisotopic (exact) mass is 131 g/mol. The molecule has 0 aliphatic carbocycles. The molecule has 0 spiro atoms. The summed E-state index contributed by atoms with van der Waals surface area (Å²) in [6.45, 7) is 4.89. The molecule has 0 aromatic carbocycles. The lowest BCUT2D eigenvalue weighted by Crippen LogP contribution is -1.93. The van der Waals surface area contributed by atoms with Crippen LogP contribution in [0, 0.1) is 0 Å². The van der Waals surface area contributed by atoms with Crippen LogP contribution in [0.3, 0.4) is 0 Å². The lowest BCUT2D eigenvalue weighted by atomic mass is 10.4. The van der Waals surface area contributed by atoms with Crippen LogP contribution >= 0.6 is 7.26 Å². The zero-order valence-electron chi connectivity index (χ0n) is 5.98. The topological polar surface area (TPSA) is 0 Å². The van der Waals surface area contributed by atoms with Crippen LogP contribution in [0.5, 0.6) is 0 Å². The van der Waals surface area contributed by atoms with E-state index in [0.717, 1.165) is 0 Å². The van der Waals surface area contributed by atoms with Gasteiger partial charge in [0.15, 0.2) is 0 Å². The average molecular weight is 131 g/mol. The summed E-state index contributed by atoms with van der Waals surface area (Å²) in [5.74, 6) is 0. The summed E-state index contributed by atoms with van der Waals surface area (Å²) < 4.78 is 0. The molecular weight excluding hydrogens is 115 g/mol. The second-order valence-electron chi connectivity index (χ2n) is 3.09. The van der Waals surface area contributed by atoms with Gasteiger partial charge in [0.05, 0.1) is 18.5 Å². The molecule has 0 amide bonds. The molecule has 0 saturated carbocycles. The Labute approximate surface area is 53.0 Å². The maximum absolute atomic E-state index is 2.53. The largest absolute Gasteiger partial charge is 0.0592 e. The van der Waals surface area contributed by atoms with Gasteiger partial charge in [-0.15, -0.1) is 0 Å². The molecule has 1 fully saturated rings. The first-order valence-corrected chi connectivity index (χ1v) is 6.39. The van der Waals surface area contributed by atoms with Gasteiger partial charge >= 0.3 is 0 Å². The highest BCUT2D eigenvalue weighted by molar-refractivity contribution is 7.75. The second kappa shape index (κ2) is 2.35. The highest BCUT2D eigenvalue weighted by Gasteiger charge is 2.32. The number of hydrogen-bond acceptors (Lipinski definition) is 0. The molecule has 0 aromatic rings. The van der Waals surface area contributed by atoms with E-state index in [1.807, 2.05) is 0 Å². The molecule has 1 aliphatic heterocycles. The summed E-state index contributed by atoms with van der Waals surface area (Å²) in [5.41, 5.74) is 0. The lowest BCUT2D eigenvalue weighted by Gasteiger charge is -2.12. The third-order valence-corrected chi connectivity index (χ3v) is 6.73. The molecular formula is C7H16P+. The van der Waals surface area contributed by atoms with Gasteiger partial charge in [0.25, 0.3) is 0 Å². The van der Waals surface area contributed by atoms with Crippen molar-refractivity contribution in [3.63, 3.8) is 0 Å². The maximum Gasteiger partial charge on any atom is 0.0592 e. The molecule has 48 valence electrons. The highest BCUT2D eigenvalue weighted by Crippen LogP contribution is 2.59. The molecule has 0 aromatic heterocycles. The Bertz CT molecular complexity index is 72.5. The van der Waals surface area contributed by atoms with Gasteiger partial charge in [0.1, 0.15) is 0 Å². The fourth-order valence-corrected chi connectivity index (χ4v) is 4.25. The smallest absolute Gasteiger partial charge is 0.0311 e. The zero-order chi connectivity index (χ0) is 6.04. The van der Waals surface area contributed by atoms with Gasteiger partial charge in [-0.05, 0) is 19.8 Å². The summed E-state index contributed by atoms with van der Waals surface area (Å²) in [6, 6.07) is 0. The van der Waals surface area contributed by atoms with Crippen LogP contribution in [0.2, 0.25) is 0 Å². The fourth-order valence-electron chi connectivity index (χ4n) is 1.42. The van der Waals surface area contributed by atoms with Crippen LogP contribution in [0.4, 0.5) is 0 Å². The summed E-state index contributed by atoms with van der Waals surface area (Å²) >= 11 is 0. The normalized spacial score (nSPS) is 26.2. The van der Waals surface area contributed by atoms with Gasteiger partial charge < -0.3 is 0 Å². The van der Waals surface area contributed by atoms with Crippen molar-refractivity contribution >= 4 is 7.26 Å². The highest BCUT2D eigenvalue weighted by atomic mass is 31.2. The molecule has 0 unspecified atom stereocenters. The van der Waals surface area contributed by atoms with Crippen molar-refractivity contribution in [3.8, 4) is 0 Å². The molecule has 1 rings (SSSR count). The third kappa shape index (κ3) is 1.23. The number of rotatable bonds is 1. The van der Waals surface area contributed by atoms with Gasteiger partial charge in [-0.3, -0.25) is 0 Å². The van der Waals surface area contributed by atoms with E-state index in [9.17, 15) is 0 Å². The minimum Gasteiger partial charge on any atom is -0.0311 e. The molecule has 8 heavy (non-hydrogen) atoms. The van der Waals surface area contributed by atoms with Gasteiger partial charge in [-0.2, -0.15) is 0 Å². The Morgan fingerprint density at radius 2 is 1.75 bits per heavy atom. The zero-order valence-corrected chi connectivity index (χ0v) is 6.88. The third-order valence-electron chi connectivity index (χ3n) is 2.41. The van der Waals surface area contributed by atoms with Crippen molar-refractivity contribution in [1.82, 2.24) is 0 Å². The molecule has 1 saturated heterocycles. The van der Waals surface area contributed by atoms with Crippen molar-refractivity contribution in [3.05, 3.63) is 0 Å². The summed E-state index contributed by atoms with van der Waals surface area (Å²) in [7, 11) is -0.301. The van der Waals surface area contributed by atoms with Crippen LogP contribution in [0.1, 0.15) is 19.8 Å². The van der Waals surface area contributed by atoms with E-state index >= 15 is 0 Å². The van der Waals surface area contributed by atoms with Crippen LogP contribution in [0.25, 0.3) is 0 Å². The first-order valence-electron chi connectivity index (χ1n) is 3.60. The van der Waals surface area contributed by atoms with E-state index in [0.29, 0.717) is 0 Å². The first kappa shape index (κ1) is 6.55. The molecule has 0 atom stereocenters. The van der Waals surface area contributed by atoms with Gasteiger partial charge in [0, 0.05) is 13.9 Å². The summed E-state index contributed by atoms with van der Waals surface area (Å²) in [6.07, 6.45) is 7.72. The molecule has 1 heteroatoms. The molecule has 0 N–H and O–H groups in total. The quantitative estimate of drug-likeness (QED) is 0.479. The summed E-state index contributed by atoms with van der Waals surface area (Å²) in [5, 5.41) is 0. The van der Waals surface area contributed by atoms with Crippen molar-refractivity contribution in [1.29, 1.82) is 0 Å². The predicted molar refractivity (Wildman–Crippen MR) is 42.4 cm³/mol. The summed E-state index contributed by atoms with van der Waals surface area (Å²) in [4.78, 5) is 0.